The number of rotatable bonds is 5. The van der Waals surface area contributed by atoms with Crippen LogP contribution in [-0.4, -0.2) is 12.5 Å². The molecule has 4 heteroatoms. The molecule has 2 rings (SSSR count). The number of nitrogens with one attached hydrogen (secondary N) is 2. The molecule has 1 amide bonds. The van der Waals surface area contributed by atoms with Crippen molar-refractivity contribution in [1.29, 1.82) is 0 Å². The summed E-state index contributed by atoms with van der Waals surface area (Å²) in [5, 5.41) is 6.13. The molecule has 110 valence electrons. The van der Waals surface area contributed by atoms with Crippen LogP contribution >= 0.6 is 0 Å². The van der Waals surface area contributed by atoms with Crippen molar-refractivity contribution >= 4 is 17.3 Å². The maximum Gasteiger partial charge on any atom is 0.251 e. The molecule has 0 aromatic heterocycles. The molecule has 0 saturated carbocycles. The molecule has 4 N–H and O–H groups in total. The van der Waals surface area contributed by atoms with Gasteiger partial charge in [-0.15, -0.1) is 0 Å². The highest BCUT2D eigenvalue weighted by atomic mass is 16.1. The zero-order valence-electron chi connectivity index (χ0n) is 12.4. The fraction of sp³-hybridized carbons (Fsp3) is 0.235. The maximum atomic E-state index is 11.8. The average molecular weight is 283 g/mol. The van der Waals surface area contributed by atoms with Crippen LogP contribution in [0.25, 0.3) is 0 Å². The summed E-state index contributed by atoms with van der Waals surface area (Å²) in [5.74, 6) is -0.105. The molecule has 0 aliphatic rings. The topological polar surface area (TPSA) is 67.2 Å². The molecule has 0 unspecified atom stereocenters. The van der Waals surface area contributed by atoms with E-state index >= 15 is 0 Å². The maximum absolute atomic E-state index is 11.8. The Kier molecular flexibility index (Phi) is 4.82. The molecular formula is C17H21N3O. The summed E-state index contributed by atoms with van der Waals surface area (Å²) in [5.41, 5.74) is 9.20. The van der Waals surface area contributed by atoms with Crippen molar-refractivity contribution in [2.24, 2.45) is 0 Å². The normalized spacial score (nSPS) is 11.7. The van der Waals surface area contributed by atoms with Crippen molar-refractivity contribution in [3.8, 4) is 0 Å². The van der Waals surface area contributed by atoms with Gasteiger partial charge < -0.3 is 16.4 Å². The second-order valence-corrected chi connectivity index (χ2v) is 4.94. The molecule has 0 bridgehead atoms. The summed E-state index contributed by atoms with van der Waals surface area (Å²) in [6, 6.07) is 15.6. The van der Waals surface area contributed by atoms with Gasteiger partial charge in [0, 0.05) is 18.2 Å². The molecular weight excluding hydrogens is 262 g/mol. The smallest absolute Gasteiger partial charge is 0.251 e. The van der Waals surface area contributed by atoms with Gasteiger partial charge in [0.2, 0.25) is 0 Å². The van der Waals surface area contributed by atoms with E-state index in [1.54, 1.807) is 12.1 Å². The van der Waals surface area contributed by atoms with Crippen LogP contribution in [0.2, 0.25) is 0 Å². The Morgan fingerprint density at radius 3 is 2.52 bits per heavy atom. The third-order valence-corrected chi connectivity index (χ3v) is 3.32. The molecule has 2 aromatic rings. The standard InChI is InChI=1S/C17H21N3O/c1-3-19-17(21)14-9-10-16(15(18)11-14)20-12(2)13-7-5-4-6-8-13/h4-12,20H,3,18H2,1-2H3,(H,19,21)/t12-/m0/s1. The number of anilines is 2. The Balaban J connectivity index is 2.13. The summed E-state index contributed by atoms with van der Waals surface area (Å²) in [7, 11) is 0. The van der Waals surface area contributed by atoms with Crippen LogP contribution in [0.15, 0.2) is 48.5 Å². The Morgan fingerprint density at radius 2 is 1.90 bits per heavy atom. The van der Waals surface area contributed by atoms with E-state index < -0.39 is 0 Å². The van der Waals surface area contributed by atoms with E-state index in [0.29, 0.717) is 17.8 Å². The second kappa shape index (κ2) is 6.79. The van der Waals surface area contributed by atoms with Crippen molar-refractivity contribution in [3.05, 3.63) is 59.7 Å². The zero-order valence-corrected chi connectivity index (χ0v) is 12.4. The van der Waals surface area contributed by atoms with Gasteiger partial charge in [0.1, 0.15) is 0 Å². The fourth-order valence-corrected chi connectivity index (χ4v) is 2.16. The largest absolute Gasteiger partial charge is 0.397 e. The Bertz CT molecular complexity index is 611. The summed E-state index contributed by atoms with van der Waals surface area (Å²) < 4.78 is 0. The predicted octanol–water partition coefficient (Wildman–Crippen LogP) is 3.19. The van der Waals surface area contributed by atoms with Gasteiger partial charge in [-0.05, 0) is 37.6 Å². The monoisotopic (exact) mass is 283 g/mol. The van der Waals surface area contributed by atoms with Gasteiger partial charge in [-0.3, -0.25) is 4.79 Å². The van der Waals surface area contributed by atoms with Crippen LogP contribution in [0.3, 0.4) is 0 Å². The van der Waals surface area contributed by atoms with Gasteiger partial charge in [0.05, 0.1) is 11.4 Å². The number of amides is 1. The lowest BCUT2D eigenvalue weighted by Gasteiger charge is -2.17. The summed E-state index contributed by atoms with van der Waals surface area (Å²) >= 11 is 0. The van der Waals surface area contributed by atoms with Gasteiger partial charge in [-0.25, -0.2) is 0 Å². The number of hydrogen-bond acceptors (Lipinski definition) is 3. The third-order valence-electron chi connectivity index (χ3n) is 3.32. The van der Waals surface area contributed by atoms with E-state index in [1.165, 1.54) is 5.56 Å². The summed E-state index contributed by atoms with van der Waals surface area (Å²) in [6.07, 6.45) is 0. The number of hydrogen-bond donors (Lipinski definition) is 3. The molecule has 0 spiro atoms. The van der Waals surface area contributed by atoms with Crippen molar-refractivity contribution in [2.45, 2.75) is 19.9 Å². The van der Waals surface area contributed by atoms with Gasteiger partial charge in [0.15, 0.2) is 0 Å². The first-order valence-electron chi connectivity index (χ1n) is 7.11. The molecule has 0 radical (unpaired) electrons. The van der Waals surface area contributed by atoms with Crippen LogP contribution in [0.1, 0.15) is 35.8 Å². The van der Waals surface area contributed by atoms with Gasteiger partial charge >= 0.3 is 0 Å². The highest BCUT2D eigenvalue weighted by Gasteiger charge is 2.10. The van der Waals surface area contributed by atoms with E-state index in [-0.39, 0.29) is 11.9 Å². The minimum absolute atomic E-state index is 0.105. The van der Waals surface area contributed by atoms with Gasteiger partial charge in [0.25, 0.3) is 5.91 Å². The molecule has 21 heavy (non-hydrogen) atoms. The lowest BCUT2D eigenvalue weighted by Crippen LogP contribution is -2.22. The SMILES string of the molecule is CCNC(=O)c1ccc(N[C@@H](C)c2ccccc2)c(N)c1. The van der Waals surface area contributed by atoms with Crippen LogP contribution in [0.4, 0.5) is 11.4 Å². The molecule has 0 fully saturated rings. The number of carbonyl (C=O) groups is 1. The first-order chi connectivity index (χ1) is 10.1. The summed E-state index contributed by atoms with van der Waals surface area (Å²) in [4.78, 5) is 11.8. The first kappa shape index (κ1) is 14.9. The second-order valence-electron chi connectivity index (χ2n) is 4.94. The molecule has 4 nitrogen and oxygen atoms in total. The Morgan fingerprint density at radius 1 is 1.19 bits per heavy atom. The van der Waals surface area contributed by atoms with E-state index in [2.05, 4.69) is 29.7 Å². The highest BCUT2D eigenvalue weighted by molar-refractivity contribution is 5.96. The van der Waals surface area contributed by atoms with E-state index in [0.717, 1.165) is 5.69 Å². The highest BCUT2D eigenvalue weighted by Crippen LogP contribution is 2.25. The lowest BCUT2D eigenvalue weighted by molar-refractivity contribution is 0.0956. The van der Waals surface area contributed by atoms with Crippen molar-refractivity contribution in [2.75, 3.05) is 17.6 Å². The molecule has 0 saturated heterocycles. The van der Waals surface area contributed by atoms with Crippen molar-refractivity contribution in [3.63, 3.8) is 0 Å². The van der Waals surface area contributed by atoms with E-state index in [1.807, 2.05) is 31.2 Å². The average Bonchev–Trinajstić information content (AvgIpc) is 2.50. The quantitative estimate of drug-likeness (QED) is 0.738. The molecule has 0 aliphatic heterocycles. The predicted molar refractivity (Wildman–Crippen MR) is 87.3 cm³/mol. The number of benzene rings is 2. The summed E-state index contributed by atoms with van der Waals surface area (Å²) in [6.45, 7) is 4.56. The van der Waals surface area contributed by atoms with Crippen molar-refractivity contribution < 1.29 is 4.79 Å². The third kappa shape index (κ3) is 3.75. The van der Waals surface area contributed by atoms with Crippen LogP contribution in [0, 0.1) is 0 Å². The molecule has 1 atom stereocenters. The van der Waals surface area contributed by atoms with Crippen LogP contribution < -0.4 is 16.4 Å². The zero-order chi connectivity index (χ0) is 15.2. The Hall–Kier alpha value is -2.49. The minimum atomic E-state index is -0.105. The number of carbonyl (C=O) groups excluding carboxylic acids is 1. The molecule has 0 aliphatic carbocycles. The lowest BCUT2D eigenvalue weighted by atomic mass is 10.1. The van der Waals surface area contributed by atoms with Crippen LogP contribution in [0.5, 0.6) is 0 Å². The number of nitrogens with two attached hydrogens (primary N) is 1. The first-order valence-corrected chi connectivity index (χ1v) is 7.11. The van der Waals surface area contributed by atoms with Crippen LogP contribution in [-0.2, 0) is 0 Å². The minimum Gasteiger partial charge on any atom is -0.397 e. The molecule has 0 heterocycles. The number of nitrogen functional groups attached to an aromatic ring is 1. The van der Waals surface area contributed by atoms with Gasteiger partial charge in [-0.2, -0.15) is 0 Å². The fourth-order valence-electron chi connectivity index (χ4n) is 2.16. The van der Waals surface area contributed by atoms with Crippen molar-refractivity contribution in [1.82, 2.24) is 5.32 Å². The Labute approximate surface area is 125 Å². The van der Waals surface area contributed by atoms with Gasteiger partial charge in [-0.1, -0.05) is 30.3 Å². The molecule has 2 aromatic carbocycles. The van der Waals surface area contributed by atoms with E-state index in [9.17, 15) is 4.79 Å². The van der Waals surface area contributed by atoms with E-state index in [4.69, 9.17) is 5.73 Å².